The fourth-order valence-electron chi connectivity index (χ4n) is 4.24. The van der Waals surface area contributed by atoms with Gasteiger partial charge in [0.25, 0.3) is 5.91 Å². The number of carbonyl (C=O) groups is 2. The van der Waals surface area contributed by atoms with Gasteiger partial charge in [0.05, 0.1) is 5.39 Å². The summed E-state index contributed by atoms with van der Waals surface area (Å²) >= 11 is 0. The molecule has 2 aromatic heterocycles. The second-order valence-corrected chi connectivity index (χ2v) is 9.87. The summed E-state index contributed by atoms with van der Waals surface area (Å²) in [6.45, 7) is 2.73. The first-order valence-electron chi connectivity index (χ1n) is 13.2. The number of fused-ring (bicyclic) bond motifs is 1. The largest absolute Gasteiger partial charge is 0.340 e. The number of anilines is 4. The van der Waals surface area contributed by atoms with Crippen molar-refractivity contribution < 1.29 is 9.59 Å². The molecule has 0 aliphatic carbocycles. The Morgan fingerprint density at radius 3 is 2.39 bits per heavy atom. The number of hydrogen-bond donors (Lipinski definition) is 3. The van der Waals surface area contributed by atoms with E-state index in [4.69, 9.17) is 0 Å². The number of aromatic nitrogens is 3. The van der Waals surface area contributed by atoms with Gasteiger partial charge < -0.3 is 25.4 Å². The van der Waals surface area contributed by atoms with Gasteiger partial charge >= 0.3 is 0 Å². The van der Waals surface area contributed by atoms with Crippen LogP contribution in [0.5, 0.6) is 0 Å². The van der Waals surface area contributed by atoms with Gasteiger partial charge in [-0.15, -0.1) is 0 Å². The van der Waals surface area contributed by atoms with Crippen LogP contribution in [0.1, 0.15) is 15.9 Å². The molecule has 0 radical (unpaired) electrons. The van der Waals surface area contributed by atoms with Crippen molar-refractivity contribution in [1.29, 1.82) is 0 Å². The molecule has 9 heteroatoms. The highest BCUT2D eigenvalue weighted by Crippen LogP contribution is 2.27. The molecule has 3 aromatic carbocycles. The lowest BCUT2D eigenvalue weighted by molar-refractivity contribution is -0.111. The van der Waals surface area contributed by atoms with E-state index in [-0.39, 0.29) is 11.8 Å². The molecule has 41 heavy (non-hydrogen) atoms. The Kier molecular flexibility index (Phi) is 8.17. The first kappa shape index (κ1) is 27.3. The molecule has 3 N–H and O–H groups in total. The molecule has 0 saturated heterocycles. The van der Waals surface area contributed by atoms with E-state index >= 15 is 0 Å². The Hall–Kier alpha value is -5.28. The predicted molar refractivity (Wildman–Crippen MR) is 164 cm³/mol. The zero-order valence-corrected chi connectivity index (χ0v) is 23.1. The summed E-state index contributed by atoms with van der Waals surface area (Å²) < 4.78 is 2.02. The van der Waals surface area contributed by atoms with Crippen LogP contribution in [0, 0.1) is 6.92 Å². The highest BCUT2D eigenvalue weighted by molar-refractivity contribution is 6.05. The monoisotopic (exact) mass is 545 g/mol. The number of likely N-dealkylation sites (N-methyl/N-ethyl adjacent to an activating group) is 1. The SMILES string of the molecule is Cc1ccc(-n2ccc3c(Nc4cccc(NC(=O)c5ccc(NC(=O)/C=C/CN(C)C)cc5)c4)ncnc32)cc1. The van der Waals surface area contributed by atoms with Crippen LogP contribution in [-0.2, 0) is 4.79 Å². The second kappa shape index (κ2) is 12.3. The normalized spacial score (nSPS) is 11.2. The van der Waals surface area contributed by atoms with E-state index in [1.165, 1.54) is 18.0 Å². The van der Waals surface area contributed by atoms with E-state index in [0.29, 0.717) is 29.3 Å². The van der Waals surface area contributed by atoms with Crippen LogP contribution in [0.3, 0.4) is 0 Å². The number of nitrogens with zero attached hydrogens (tertiary/aromatic N) is 4. The molecule has 0 spiro atoms. The van der Waals surface area contributed by atoms with Gasteiger partial charge in [-0.2, -0.15) is 0 Å². The molecular weight excluding hydrogens is 514 g/mol. The Balaban J connectivity index is 1.25. The molecule has 2 heterocycles. The van der Waals surface area contributed by atoms with Crippen molar-refractivity contribution in [3.05, 3.63) is 115 Å². The van der Waals surface area contributed by atoms with E-state index in [0.717, 1.165) is 22.4 Å². The van der Waals surface area contributed by atoms with Gasteiger partial charge in [0.1, 0.15) is 17.8 Å². The van der Waals surface area contributed by atoms with Gasteiger partial charge in [-0.1, -0.05) is 29.8 Å². The Bertz CT molecular complexity index is 1700. The molecule has 5 aromatic rings. The minimum atomic E-state index is -0.259. The van der Waals surface area contributed by atoms with Crippen LogP contribution in [0.15, 0.2) is 104 Å². The molecule has 0 fully saturated rings. The lowest BCUT2D eigenvalue weighted by Crippen LogP contribution is -2.13. The standard InChI is InChI=1S/C32H31N7O2/c1-22-9-15-27(16-10-22)39-19-17-28-30(33-21-34-31(28)39)36-25-6-4-7-26(20-25)37-32(41)23-11-13-24(14-12-23)35-29(40)8-5-18-38(2)3/h4-17,19-21H,18H2,1-3H3,(H,35,40)(H,37,41)(H,33,34,36)/b8-5+. The van der Waals surface area contributed by atoms with Crippen molar-refractivity contribution in [2.45, 2.75) is 6.92 Å². The van der Waals surface area contributed by atoms with Crippen LogP contribution in [-0.4, -0.2) is 51.9 Å². The maximum atomic E-state index is 12.9. The summed E-state index contributed by atoms with van der Waals surface area (Å²) in [5.74, 6) is 0.185. The first-order valence-corrected chi connectivity index (χ1v) is 13.2. The van der Waals surface area contributed by atoms with E-state index in [1.54, 1.807) is 30.3 Å². The third-order valence-electron chi connectivity index (χ3n) is 6.33. The van der Waals surface area contributed by atoms with Crippen molar-refractivity contribution in [1.82, 2.24) is 19.4 Å². The predicted octanol–water partition coefficient (Wildman–Crippen LogP) is 5.78. The average Bonchev–Trinajstić information content (AvgIpc) is 3.39. The average molecular weight is 546 g/mol. The fraction of sp³-hybridized carbons (Fsp3) is 0.125. The lowest BCUT2D eigenvalue weighted by Gasteiger charge is -2.11. The van der Waals surface area contributed by atoms with Crippen LogP contribution in [0.4, 0.5) is 22.9 Å². The van der Waals surface area contributed by atoms with Crippen LogP contribution in [0.25, 0.3) is 16.7 Å². The van der Waals surface area contributed by atoms with E-state index in [9.17, 15) is 9.59 Å². The number of rotatable bonds is 9. The molecule has 2 amide bonds. The Morgan fingerprint density at radius 2 is 1.63 bits per heavy atom. The van der Waals surface area contributed by atoms with Crippen molar-refractivity contribution in [2.24, 2.45) is 0 Å². The lowest BCUT2D eigenvalue weighted by atomic mass is 10.2. The third kappa shape index (κ3) is 6.84. The van der Waals surface area contributed by atoms with E-state index in [2.05, 4.69) is 57.1 Å². The highest BCUT2D eigenvalue weighted by atomic mass is 16.2. The molecule has 206 valence electrons. The number of hydrogen-bond acceptors (Lipinski definition) is 6. The van der Waals surface area contributed by atoms with Gasteiger partial charge in [-0.05, 0) is 81.7 Å². The maximum absolute atomic E-state index is 12.9. The van der Waals surface area contributed by atoms with Gasteiger partial charge in [0, 0.05) is 47.1 Å². The summed E-state index contributed by atoms with van der Waals surface area (Å²) in [7, 11) is 3.86. The van der Waals surface area contributed by atoms with Crippen LogP contribution in [0.2, 0.25) is 0 Å². The van der Waals surface area contributed by atoms with Crippen LogP contribution < -0.4 is 16.0 Å². The topological polar surface area (TPSA) is 104 Å². The highest BCUT2D eigenvalue weighted by Gasteiger charge is 2.11. The molecule has 0 unspecified atom stereocenters. The Labute approximate surface area is 238 Å². The zero-order valence-electron chi connectivity index (χ0n) is 23.1. The third-order valence-corrected chi connectivity index (χ3v) is 6.33. The number of nitrogens with one attached hydrogen (secondary N) is 3. The molecule has 0 aliphatic rings. The second-order valence-electron chi connectivity index (χ2n) is 9.87. The minimum Gasteiger partial charge on any atom is -0.340 e. The molecular formula is C32H31N7O2. The number of amides is 2. The van der Waals surface area contributed by atoms with Gasteiger partial charge in [-0.25, -0.2) is 9.97 Å². The summed E-state index contributed by atoms with van der Waals surface area (Å²) in [6.07, 6.45) is 6.79. The molecule has 0 saturated carbocycles. The number of benzene rings is 3. The molecule has 0 bridgehead atoms. The number of aryl methyl sites for hydroxylation is 1. The van der Waals surface area contributed by atoms with E-state index < -0.39 is 0 Å². The molecule has 0 atom stereocenters. The summed E-state index contributed by atoms with van der Waals surface area (Å²) in [6, 6.07) is 24.4. The van der Waals surface area contributed by atoms with Crippen LogP contribution >= 0.6 is 0 Å². The Morgan fingerprint density at radius 1 is 0.878 bits per heavy atom. The molecule has 9 nitrogen and oxygen atoms in total. The maximum Gasteiger partial charge on any atom is 0.255 e. The zero-order chi connectivity index (χ0) is 28.8. The van der Waals surface area contributed by atoms with Crippen molar-refractivity contribution >= 4 is 45.7 Å². The van der Waals surface area contributed by atoms with Crippen molar-refractivity contribution in [3.8, 4) is 5.69 Å². The number of carbonyl (C=O) groups excluding carboxylic acids is 2. The van der Waals surface area contributed by atoms with Crippen molar-refractivity contribution in [2.75, 3.05) is 36.6 Å². The minimum absolute atomic E-state index is 0.221. The summed E-state index contributed by atoms with van der Waals surface area (Å²) in [5, 5.41) is 9.96. The molecule has 5 rings (SSSR count). The van der Waals surface area contributed by atoms with E-state index in [1.807, 2.05) is 60.1 Å². The smallest absolute Gasteiger partial charge is 0.255 e. The summed E-state index contributed by atoms with van der Waals surface area (Å²) in [4.78, 5) is 35.9. The fourth-order valence-corrected chi connectivity index (χ4v) is 4.24. The van der Waals surface area contributed by atoms with Gasteiger partial charge in [0.15, 0.2) is 0 Å². The van der Waals surface area contributed by atoms with Crippen molar-refractivity contribution in [3.63, 3.8) is 0 Å². The van der Waals surface area contributed by atoms with Gasteiger partial charge in [0.2, 0.25) is 5.91 Å². The summed E-state index contributed by atoms with van der Waals surface area (Å²) in [5.41, 5.74) is 5.49. The quantitative estimate of drug-likeness (QED) is 0.203. The van der Waals surface area contributed by atoms with Gasteiger partial charge in [-0.3, -0.25) is 9.59 Å². The first-order chi connectivity index (χ1) is 19.9. The molecule has 0 aliphatic heterocycles.